The smallest absolute Gasteiger partial charge is 0.0349 e. The molecule has 1 N–H and O–H groups in total. The van der Waals surface area contributed by atoms with Gasteiger partial charge in [-0.05, 0) is 13.3 Å². The highest BCUT2D eigenvalue weighted by atomic mass is 15.3. The molecule has 2 bridgehead atoms. The fourth-order valence-corrected chi connectivity index (χ4v) is 2.40. The zero-order valence-corrected chi connectivity index (χ0v) is 9.50. The zero-order chi connectivity index (χ0) is 9.97. The Morgan fingerprint density at radius 2 is 2.00 bits per heavy atom. The maximum Gasteiger partial charge on any atom is 0.0349 e. The molecule has 0 aromatic heterocycles. The van der Waals surface area contributed by atoms with Gasteiger partial charge in [-0.25, -0.2) is 0 Å². The summed E-state index contributed by atoms with van der Waals surface area (Å²) in [4.78, 5) is 5.25. The van der Waals surface area contributed by atoms with Crippen molar-refractivity contribution in [2.24, 2.45) is 0 Å². The Bertz CT molecular complexity index is 175. The van der Waals surface area contributed by atoms with Crippen LogP contribution >= 0.6 is 0 Å². The summed E-state index contributed by atoms with van der Waals surface area (Å²) in [5.74, 6) is 0. The van der Waals surface area contributed by atoms with Gasteiger partial charge in [-0.2, -0.15) is 0 Å². The Kier molecular flexibility index (Phi) is 3.42. The second-order valence-corrected chi connectivity index (χ2v) is 4.71. The number of hydrogen-bond donors (Lipinski definition) is 1. The lowest BCUT2D eigenvalue weighted by molar-refractivity contribution is 0.0128. The maximum absolute atomic E-state index is 3.62. The van der Waals surface area contributed by atoms with Crippen molar-refractivity contribution < 1.29 is 0 Å². The van der Waals surface area contributed by atoms with Gasteiger partial charge in [0, 0.05) is 51.4 Å². The van der Waals surface area contributed by atoms with Crippen LogP contribution in [0.25, 0.3) is 0 Å². The van der Waals surface area contributed by atoms with E-state index in [2.05, 4.69) is 29.0 Å². The molecule has 3 aliphatic heterocycles. The van der Waals surface area contributed by atoms with Gasteiger partial charge in [0.2, 0.25) is 0 Å². The predicted octanol–water partition coefficient (Wildman–Crippen LogP) is 0.374. The fourth-order valence-electron chi connectivity index (χ4n) is 2.40. The van der Waals surface area contributed by atoms with E-state index in [1.165, 1.54) is 45.7 Å². The Labute approximate surface area is 87.4 Å². The van der Waals surface area contributed by atoms with E-state index in [0.717, 1.165) is 6.04 Å². The van der Waals surface area contributed by atoms with E-state index in [9.17, 15) is 0 Å². The van der Waals surface area contributed by atoms with Crippen LogP contribution in [0, 0.1) is 0 Å². The van der Waals surface area contributed by atoms with Gasteiger partial charge in [0.1, 0.15) is 0 Å². The van der Waals surface area contributed by atoms with Crippen molar-refractivity contribution in [3.63, 3.8) is 0 Å². The van der Waals surface area contributed by atoms with Gasteiger partial charge in [-0.15, -0.1) is 0 Å². The summed E-state index contributed by atoms with van der Waals surface area (Å²) in [5, 5.41) is 3.62. The molecule has 82 valence electrons. The molecule has 3 aliphatic rings. The van der Waals surface area contributed by atoms with Gasteiger partial charge >= 0.3 is 0 Å². The normalized spacial score (nSPS) is 38.6. The van der Waals surface area contributed by atoms with E-state index in [4.69, 9.17) is 0 Å². The fraction of sp³-hybridized carbons (Fsp3) is 1.00. The highest BCUT2D eigenvalue weighted by Crippen LogP contribution is 2.14. The molecule has 0 aromatic rings. The van der Waals surface area contributed by atoms with Crippen molar-refractivity contribution in [2.75, 3.05) is 39.3 Å². The molecular weight excluding hydrogens is 174 g/mol. The number of rotatable bonds is 4. The molecule has 3 heterocycles. The minimum atomic E-state index is 0.673. The predicted molar refractivity (Wildman–Crippen MR) is 59.6 cm³/mol. The molecule has 0 amide bonds. The second kappa shape index (κ2) is 4.60. The first kappa shape index (κ1) is 10.4. The lowest BCUT2D eigenvalue weighted by Crippen LogP contribution is -2.63. The zero-order valence-electron chi connectivity index (χ0n) is 9.50. The van der Waals surface area contributed by atoms with Crippen LogP contribution in [0.5, 0.6) is 0 Å². The first-order chi connectivity index (χ1) is 6.79. The van der Waals surface area contributed by atoms with Crippen molar-refractivity contribution in [1.82, 2.24) is 15.1 Å². The van der Waals surface area contributed by atoms with E-state index in [-0.39, 0.29) is 0 Å². The lowest BCUT2D eigenvalue weighted by atomic mass is 10.1. The van der Waals surface area contributed by atoms with Gasteiger partial charge in [-0.1, -0.05) is 6.92 Å². The van der Waals surface area contributed by atoms with E-state index in [1.807, 2.05) is 0 Å². The quantitative estimate of drug-likeness (QED) is 0.703. The second-order valence-electron chi connectivity index (χ2n) is 4.71. The summed E-state index contributed by atoms with van der Waals surface area (Å²) >= 11 is 0. The molecule has 0 aliphatic carbocycles. The summed E-state index contributed by atoms with van der Waals surface area (Å²) in [6.07, 6.45) is 1.23. The Morgan fingerprint density at radius 3 is 2.50 bits per heavy atom. The first-order valence-corrected chi connectivity index (χ1v) is 5.99. The van der Waals surface area contributed by atoms with Crippen LogP contribution in [0.3, 0.4) is 0 Å². The van der Waals surface area contributed by atoms with E-state index >= 15 is 0 Å². The van der Waals surface area contributed by atoms with Gasteiger partial charge in [-0.3, -0.25) is 9.80 Å². The van der Waals surface area contributed by atoms with E-state index in [0.29, 0.717) is 6.04 Å². The first-order valence-electron chi connectivity index (χ1n) is 5.99. The van der Waals surface area contributed by atoms with Gasteiger partial charge in [0.25, 0.3) is 0 Å². The molecule has 3 fully saturated rings. The number of fused-ring (bicyclic) bond motifs is 3. The van der Waals surface area contributed by atoms with Gasteiger partial charge in [0.15, 0.2) is 0 Å². The Morgan fingerprint density at radius 1 is 1.29 bits per heavy atom. The van der Waals surface area contributed by atoms with Crippen molar-refractivity contribution >= 4 is 0 Å². The molecule has 0 spiro atoms. The molecule has 2 atom stereocenters. The van der Waals surface area contributed by atoms with Crippen molar-refractivity contribution in [2.45, 2.75) is 32.4 Å². The third kappa shape index (κ3) is 2.27. The van der Waals surface area contributed by atoms with Crippen molar-refractivity contribution in [3.05, 3.63) is 0 Å². The van der Waals surface area contributed by atoms with Crippen molar-refractivity contribution in [1.29, 1.82) is 0 Å². The van der Waals surface area contributed by atoms with Crippen LogP contribution in [0.4, 0.5) is 0 Å². The highest BCUT2D eigenvalue weighted by molar-refractivity contribution is 4.89. The monoisotopic (exact) mass is 197 g/mol. The van der Waals surface area contributed by atoms with Crippen LogP contribution < -0.4 is 5.32 Å². The summed E-state index contributed by atoms with van der Waals surface area (Å²) in [6, 6.07) is 1.44. The van der Waals surface area contributed by atoms with Crippen LogP contribution in [-0.2, 0) is 0 Å². The summed E-state index contributed by atoms with van der Waals surface area (Å²) < 4.78 is 0. The number of nitrogens with one attached hydrogen (secondary N) is 1. The van der Waals surface area contributed by atoms with Crippen LogP contribution in [-0.4, -0.2) is 61.2 Å². The average Bonchev–Trinajstić information content (AvgIpc) is 2.27. The molecule has 2 unspecified atom stereocenters. The number of hydrogen-bond acceptors (Lipinski definition) is 3. The molecule has 0 saturated carbocycles. The van der Waals surface area contributed by atoms with Gasteiger partial charge in [0.05, 0.1) is 0 Å². The minimum absolute atomic E-state index is 0.673. The van der Waals surface area contributed by atoms with E-state index < -0.39 is 0 Å². The largest absolute Gasteiger partial charge is 0.313 e. The topological polar surface area (TPSA) is 18.5 Å². The summed E-state index contributed by atoms with van der Waals surface area (Å²) in [6.45, 7) is 12.1. The SMILES string of the molecule is CCC(C)NCC1CN2CCN1CC2. The third-order valence-corrected chi connectivity index (χ3v) is 3.71. The average molecular weight is 197 g/mol. The molecule has 14 heavy (non-hydrogen) atoms. The Hall–Kier alpha value is -0.120. The van der Waals surface area contributed by atoms with Crippen LogP contribution in [0.15, 0.2) is 0 Å². The number of nitrogens with zero attached hydrogens (tertiary/aromatic N) is 2. The highest BCUT2D eigenvalue weighted by Gasteiger charge is 2.31. The summed E-state index contributed by atoms with van der Waals surface area (Å²) in [5.41, 5.74) is 0. The third-order valence-electron chi connectivity index (χ3n) is 3.71. The maximum atomic E-state index is 3.62. The summed E-state index contributed by atoms with van der Waals surface area (Å²) in [7, 11) is 0. The van der Waals surface area contributed by atoms with Crippen LogP contribution in [0.1, 0.15) is 20.3 Å². The van der Waals surface area contributed by atoms with Gasteiger partial charge < -0.3 is 5.32 Å². The molecule has 3 heteroatoms. The minimum Gasteiger partial charge on any atom is -0.313 e. The molecule has 3 rings (SSSR count). The molecular formula is C11H23N3. The standard InChI is InChI=1S/C11H23N3/c1-3-10(2)12-8-11-9-13-4-6-14(11)7-5-13/h10-12H,3-9H2,1-2H3. The number of piperazine rings is 3. The lowest BCUT2D eigenvalue weighted by Gasteiger charge is -2.47. The molecule has 3 nitrogen and oxygen atoms in total. The molecule has 3 saturated heterocycles. The van der Waals surface area contributed by atoms with E-state index in [1.54, 1.807) is 0 Å². The van der Waals surface area contributed by atoms with Crippen molar-refractivity contribution in [3.8, 4) is 0 Å². The molecule has 0 aromatic carbocycles. The van der Waals surface area contributed by atoms with Crippen LogP contribution in [0.2, 0.25) is 0 Å². The Balaban J connectivity index is 1.76. The molecule has 0 radical (unpaired) electrons.